The monoisotopic (exact) mass is 412 g/mol. The third-order valence-corrected chi connectivity index (χ3v) is 4.53. The number of carbonyl (C=O) groups is 3. The first kappa shape index (κ1) is 19.7. The van der Waals surface area contributed by atoms with Crippen LogP contribution in [0, 0.1) is 11.3 Å². The SMILES string of the molecule is N#Cc1ccc(-c2ccc(/C=C3/NC(=O)N(CC(=O)Nc4ccccc4)C3=O)o2)cc1. The number of benzene rings is 2. The highest BCUT2D eigenvalue weighted by molar-refractivity contribution is 6.15. The van der Waals surface area contributed by atoms with Gasteiger partial charge >= 0.3 is 6.03 Å². The Bertz CT molecular complexity index is 1220. The van der Waals surface area contributed by atoms with Crippen LogP contribution >= 0.6 is 0 Å². The van der Waals surface area contributed by atoms with Gasteiger partial charge in [0.15, 0.2) is 0 Å². The molecule has 1 aliphatic rings. The van der Waals surface area contributed by atoms with E-state index in [2.05, 4.69) is 10.6 Å². The molecule has 0 saturated carbocycles. The number of anilines is 1. The zero-order valence-corrected chi connectivity index (χ0v) is 16.2. The summed E-state index contributed by atoms with van der Waals surface area (Å²) < 4.78 is 5.72. The molecule has 2 aromatic carbocycles. The van der Waals surface area contributed by atoms with Crippen molar-refractivity contribution in [3.63, 3.8) is 0 Å². The van der Waals surface area contributed by atoms with Crippen LogP contribution in [0.3, 0.4) is 0 Å². The van der Waals surface area contributed by atoms with Crippen LogP contribution in [0.15, 0.2) is 76.8 Å². The number of nitrogens with zero attached hydrogens (tertiary/aromatic N) is 2. The summed E-state index contributed by atoms with van der Waals surface area (Å²) in [5.41, 5.74) is 1.89. The molecule has 0 unspecified atom stereocenters. The van der Waals surface area contributed by atoms with Crippen LogP contribution in [-0.4, -0.2) is 29.3 Å². The summed E-state index contributed by atoms with van der Waals surface area (Å²) in [6, 6.07) is 20.4. The number of nitrogens with one attached hydrogen (secondary N) is 2. The highest BCUT2D eigenvalue weighted by atomic mass is 16.3. The molecule has 0 radical (unpaired) electrons. The van der Waals surface area contributed by atoms with Gasteiger partial charge in [0.25, 0.3) is 5.91 Å². The van der Waals surface area contributed by atoms with E-state index in [1.54, 1.807) is 60.7 Å². The van der Waals surface area contributed by atoms with Gasteiger partial charge in [0, 0.05) is 17.3 Å². The Morgan fingerprint density at radius 2 is 1.81 bits per heavy atom. The molecule has 31 heavy (non-hydrogen) atoms. The minimum Gasteiger partial charge on any atom is -0.457 e. The molecule has 8 nitrogen and oxygen atoms in total. The zero-order valence-electron chi connectivity index (χ0n) is 16.2. The van der Waals surface area contributed by atoms with Crippen molar-refractivity contribution in [3.05, 3.63) is 83.8 Å². The predicted octanol–water partition coefficient (Wildman–Crippen LogP) is 3.35. The Hall–Kier alpha value is -4.64. The van der Waals surface area contributed by atoms with Gasteiger partial charge in [0.05, 0.1) is 11.6 Å². The van der Waals surface area contributed by atoms with Gasteiger partial charge in [-0.2, -0.15) is 5.26 Å². The van der Waals surface area contributed by atoms with E-state index in [-0.39, 0.29) is 5.70 Å². The van der Waals surface area contributed by atoms with Gasteiger partial charge in [-0.1, -0.05) is 18.2 Å². The Morgan fingerprint density at radius 1 is 1.06 bits per heavy atom. The molecule has 1 aromatic heterocycles. The van der Waals surface area contributed by atoms with Gasteiger partial charge in [0.1, 0.15) is 23.8 Å². The average Bonchev–Trinajstić information content (AvgIpc) is 3.35. The Labute approximate surface area is 177 Å². The van der Waals surface area contributed by atoms with E-state index in [0.29, 0.717) is 22.8 Å². The Kier molecular flexibility index (Phi) is 5.32. The number of urea groups is 1. The van der Waals surface area contributed by atoms with Crippen molar-refractivity contribution in [2.75, 3.05) is 11.9 Å². The summed E-state index contributed by atoms with van der Waals surface area (Å²) in [6.07, 6.45) is 1.41. The Balaban J connectivity index is 1.45. The van der Waals surface area contributed by atoms with Crippen LogP contribution in [0.4, 0.5) is 10.5 Å². The number of hydrogen-bond donors (Lipinski definition) is 2. The average molecular weight is 412 g/mol. The van der Waals surface area contributed by atoms with Crippen molar-refractivity contribution >= 4 is 29.6 Å². The highest BCUT2D eigenvalue weighted by Gasteiger charge is 2.35. The van der Waals surface area contributed by atoms with E-state index in [9.17, 15) is 14.4 Å². The van der Waals surface area contributed by atoms with Gasteiger partial charge in [0.2, 0.25) is 5.91 Å². The minimum atomic E-state index is -0.682. The maximum atomic E-state index is 12.6. The number of rotatable bonds is 5. The maximum Gasteiger partial charge on any atom is 0.329 e. The standard InChI is InChI=1S/C23H16N4O4/c24-13-15-6-8-16(9-7-15)20-11-10-18(31-20)12-19-22(29)27(23(30)26-19)14-21(28)25-17-4-2-1-3-5-17/h1-12H,14H2,(H,25,28)(H,26,30)/b19-12+. The van der Waals surface area contributed by atoms with Gasteiger partial charge < -0.3 is 15.1 Å². The maximum absolute atomic E-state index is 12.6. The second-order valence-electron chi connectivity index (χ2n) is 6.68. The number of carbonyl (C=O) groups excluding carboxylic acids is 3. The largest absolute Gasteiger partial charge is 0.457 e. The van der Waals surface area contributed by atoms with Crippen LogP contribution in [0.25, 0.3) is 17.4 Å². The van der Waals surface area contributed by atoms with Crippen LogP contribution < -0.4 is 10.6 Å². The molecule has 3 aromatic rings. The van der Waals surface area contributed by atoms with Crippen molar-refractivity contribution in [3.8, 4) is 17.4 Å². The van der Waals surface area contributed by atoms with E-state index >= 15 is 0 Å². The lowest BCUT2D eigenvalue weighted by atomic mass is 10.1. The number of furan rings is 1. The third-order valence-electron chi connectivity index (χ3n) is 4.53. The van der Waals surface area contributed by atoms with Crippen LogP contribution in [0.1, 0.15) is 11.3 Å². The molecule has 152 valence electrons. The topological polar surface area (TPSA) is 115 Å². The van der Waals surface area contributed by atoms with Crippen LogP contribution in [0.2, 0.25) is 0 Å². The first-order valence-electron chi connectivity index (χ1n) is 9.33. The van der Waals surface area contributed by atoms with E-state index < -0.39 is 24.4 Å². The summed E-state index contributed by atoms with van der Waals surface area (Å²) in [5.74, 6) is -0.201. The first-order valence-corrected chi connectivity index (χ1v) is 9.33. The summed E-state index contributed by atoms with van der Waals surface area (Å²) in [6.45, 7) is -0.411. The molecule has 0 aliphatic carbocycles. The van der Waals surface area contributed by atoms with Gasteiger partial charge in [-0.3, -0.25) is 9.59 Å². The number of nitriles is 1. The molecule has 1 saturated heterocycles. The lowest BCUT2D eigenvalue weighted by Crippen LogP contribution is -2.38. The smallest absolute Gasteiger partial charge is 0.329 e. The van der Waals surface area contributed by atoms with Gasteiger partial charge in [-0.15, -0.1) is 0 Å². The summed E-state index contributed by atoms with van der Waals surface area (Å²) >= 11 is 0. The molecule has 1 aliphatic heterocycles. The fourth-order valence-electron chi connectivity index (χ4n) is 3.02. The first-order chi connectivity index (χ1) is 15.0. The van der Waals surface area contributed by atoms with Crippen molar-refractivity contribution in [1.82, 2.24) is 10.2 Å². The third kappa shape index (κ3) is 4.36. The van der Waals surface area contributed by atoms with E-state index in [1.165, 1.54) is 6.08 Å². The molecule has 8 heteroatoms. The predicted molar refractivity (Wildman–Crippen MR) is 112 cm³/mol. The molecule has 1 fully saturated rings. The summed E-state index contributed by atoms with van der Waals surface area (Å²) in [5, 5.41) is 14.0. The second-order valence-corrected chi connectivity index (χ2v) is 6.68. The molecular weight excluding hydrogens is 396 g/mol. The van der Waals surface area contributed by atoms with E-state index in [1.807, 2.05) is 12.1 Å². The van der Waals surface area contributed by atoms with Crippen molar-refractivity contribution in [2.24, 2.45) is 0 Å². The fourth-order valence-corrected chi connectivity index (χ4v) is 3.02. The molecule has 0 atom stereocenters. The second kappa shape index (κ2) is 8.39. The number of para-hydroxylation sites is 1. The van der Waals surface area contributed by atoms with Crippen molar-refractivity contribution in [2.45, 2.75) is 0 Å². The molecule has 4 amide bonds. The van der Waals surface area contributed by atoms with Gasteiger partial charge in [-0.25, -0.2) is 9.69 Å². The summed E-state index contributed by atoms with van der Waals surface area (Å²) in [4.78, 5) is 37.8. The number of amides is 4. The summed E-state index contributed by atoms with van der Waals surface area (Å²) in [7, 11) is 0. The zero-order chi connectivity index (χ0) is 21.8. The molecule has 0 spiro atoms. The minimum absolute atomic E-state index is 0.0123. The lowest BCUT2D eigenvalue weighted by Gasteiger charge is -2.11. The fraction of sp³-hybridized carbons (Fsp3) is 0.0435. The number of hydrogen-bond acceptors (Lipinski definition) is 5. The van der Waals surface area contributed by atoms with E-state index in [0.717, 1.165) is 10.5 Å². The molecule has 4 rings (SSSR count). The number of imide groups is 1. The molecule has 0 bridgehead atoms. The van der Waals surface area contributed by atoms with Crippen LogP contribution in [0.5, 0.6) is 0 Å². The van der Waals surface area contributed by atoms with Gasteiger partial charge in [-0.05, 0) is 48.5 Å². The quantitative estimate of drug-likeness (QED) is 0.493. The normalized spacial score (nSPS) is 14.4. The van der Waals surface area contributed by atoms with Crippen LogP contribution in [-0.2, 0) is 9.59 Å². The van der Waals surface area contributed by atoms with E-state index in [4.69, 9.17) is 9.68 Å². The Morgan fingerprint density at radius 3 is 2.52 bits per heavy atom. The molecule has 2 N–H and O–H groups in total. The van der Waals surface area contributed by atoms with Crippen molar-refractivity contribution < 1.29 is 18.8 Å². The molecular formula is C23H16N4O4. The van der Waals surface area contributed by atoms with Crippen molar-refractivity contribution in [1.29, 1.82) is 5.26 Å². The highest BCUT2D eigenvalue weighted by Crippen LogP contribution is 2.24. The molecule has 2 heterocycles. The lowest BCUT2D eigenvalue weighted by molar-refractivity contribution is -0.127.